The summed E-state index contributed by atoms with van der Waals surface area (Å²) in [5.74, 6) is 0.954. The van der Waals surface area contributed by atoms with Crippen molar-refractivity contribution in [1.82, 2.24) is 4.90 Å². The predicted molar refractivity (Wildman–Crippen MR) is 117 cm³/mol. The number of nitrogens with zero attached hydrogens (tertiary/aromatic N) is 2. The predicted octanol–water partition coefficient (Wildman–Crippen LogP) is 2.15. The van der Waals surface area contributed by atoms with Crippen LogP contribution in [0.25, 0.3) is 0 Å². The Morgan fingerprint density at radius 2 is 1.84 bits per heavy atom. The van der Waals surface area contributed by atoms with Gasteiger partial charge in [0.25, 0.3) is 5.91 Å². The molecule has 0 spiro atoms. The van der Waals surface area contributed by atoms with E-state index in [-0.39, 0.29) is 18.4 Å². The quantitative estimate of drug-likeness (QED) is 0.764. The van der Waals surface area contributed by atoms with E-state index in [0.717, 1.165) is 5.69 Å². The summed E-state index contributed by atoms with van der Waals surface area (Å²) in [6.07, 6.45) is -0.670. The molecule has 0 aromatic heterocycles. The summed E-state index contributed by atoms with van der Waals surface area (Å²) in [6.45, 7) is 4.95. The van der Waals surface area contributed by atoms with E-state index in [1.54, 1.807) is 11.0 Å². The number of carbonyl (C=O) groups excluding carboxylic acids is 2. The molecule has 0 bridgehead atoms. The summed E-state index contributed by atoms with van der Waals surface area (Å²) in [5.41, 5.74) is 1.42. The Morgan fingerprint density at radius 1 is 1.10 bits per heavy atom. The van der Waals surface area contributed by atoms with Crippen molar-refractivity contribution in [3.8, 4) is 11.5 Å². The van der Waals surface area contributed by atoms with E-state index in [9.17, 15) is 9.59 Å². The Balaban J connectivity index is 1.48. The van der Waals surface area contributed by atoms with Crippen LogP contribution in [0, 0.1) is 0 Å². The van der Waals surface area contributed by atoms with Crippen LogP contribution < -0.4 is 19.7 Å². The first-order chi connectivity index (χ1) is 15.2. The number of ether oxygens (including phenoxy) is 3. The summed E-state index contributed by atoms with van der Waals surface area (Å²) in [5, 5.41) is 2.92. The van der Waals surface area contributed by atoms with Crippen molar-refractivity contribution in [2.24, 2.45) is 0 Å². The van der Waals surface area contributed by atoms with Crippen LogP contribution in [0.3, 0.4) is 0 Å². The van der Waals surface area contributed by atoms with Crippen LogP contribution in [0.2, 0.25) is 0 Å². The number of hydrogen-bond donors (Lipinski definition) is 1. The highest BCUT2D eigenvalue weighted by molar-refractivity contribution is 5.96. The molecule has 2 aromatic rings. The van der Waals surface area contributed by atoms with Crippen LogP contribution in [-0.2, 0) is 14.3 Å². The van der Waals surface area contributed by atoms with Crippen LogP contribution in [0.1, 0.15) is 6.92 Å². The van der Waals surface area contributed by atoms with Gasteiger partial charge >= 0.3 is 0 Å². The van der Waals surface area contributed by atoms with Gasteiger partial charge in [0.15, 0.2) is 6.10 Å². The minimum atomic E-state index is -0.670. The minimum Gasteiger partial charge on any atom is -0.492 e. The fraction of sp³-hybridized carbons (Fsp3) is 0.391. The topological polar surface area (TPSA) is 80.3 Å². The average molecular weight is 425 g/mol. The van der Waals surface area contributed by atoms with Gasteiger partial charge in [0.05, 0.1) is 44.3 Å². The van der Waals surface area contributed by atoms with Crippen molar-refractivity contribution < 1.29 is 23.8 Å². The fourth-order valence-corrected chi connectivity index (χ4v) is 3.79. The lowest BCUT2D eigenvalue weighted by molar-refractivity contribution is -0.142. The van der Waals surface area contributed by atoms with Crippen LogP contribution >= 0.6 is 0 Å². The largest absolute Gasteiger partial charge is 0.492 e. The SMILES string of the molecule is CCOc1ccccc1NC(=O)CN1CC(C(=O)N2CCOCC2)Oc2ccccc21. The van der Waals surface area contributed by atoms with Crippen LogP contribution in [0.4, 0.5) is 11.4 Å². The van der Waals surface area contributed by atoms with E-state index in [2.05, 4.69) is 5.32 Å². The van der Waals surface area contributed by atoms with Gasteiger partial charge < -0.3 is 29.3 Å². The van der Waals surface area contributed by atoms with Gasteiger partial charge in [-0.1, -0.05) is 24.3 Å². The molecular weight excluding hydrogens is 398 g/mol. The smallest absolute Gasteiger partial charge is 0.265 e. The summed E-state index contributed by atoms with van der Waals surface area (Å²) in [6, 6.07) is 14.8. The third-order valence-electron chi connectivity index (χ3n) is 5.26. The Bertz CT molecular complexity index is 929. The monoisotopic (exact) mass is 425 g/mol. The van der Waals surface area contributed by atoms with Crippen molar-refractivity contribution in [1.29, 1.82) is 0 Å². The van der Waals surface area contributed by atoms with Crippen molar-refractivity contribution in [3.05, 3.63) is 48.5 Å². The fourth-order valence-electron chi connectivity index (χ4n) is 3.79. The second-order valence-corrected chi connectivity index (χ2v) is 7.37. The number of hydrogen-bond acceptors (Lipinski definition) is 6. The van der Waals surface area contributed by atoms with Crippen molar-refractivity contribution in [3.63, 3.8) is 0 Å². The summed E-state index contributed by atoms with van der Waals surface area (Å²) < 4.78 is 16.9. The second kappa shape index (κ2) is 9.70. The van der Waals surface area contributed by atoms with E-state index in [1.165, 1.54) is 0 Å². The van der Waals surface area contributed by atoms with Crippen LogP contribution in [0.15, 0.2) is 48.5 Å². The number of nitrogens with one attached hydrogen (secondary N) is 1. The van der Waals surface area contributed by atoms with Gasteiger partial charge in [-0.15, -0.1) is 0 Å². The minimum absolute atomic E-state index is 0.0788. The van der Waals surface area contributed by atoms with E-state index in [0.29, 0.717) is 56.6 Å². The lowest BCUT2D eigenvalue weighted by Crippen LogP contribution is -2.53. The number of amides is 2. The van der Waals surface area contributed by atoms with Crippen LogP contribution in [-0.4, -0.2) is 68.8 Å². The molecule has 164 valence electrons. The highest BCUT2D eigenvalue weighted by atomic mass is 16.5. The van der Waals surface area contributed by atoms with Gasteiger partial charge in [-0.3, -0.25) is 9.59 Å². The molecule has 8 heteroatoms. The molecule has 2 amide bonds. The van der Waals surface area contributed by atoms with Gasteiger partial charge in [0.2, 0.25) is 5.91 Å². The average Bonchev–Trinajstić information content (AvgIpc) is 2.80. The van der Waals surface area contributed by atoms with E-state index in [1.807, 2.05) is 54.3 Å². The highest BCUT2D eigenvalue weighted by Crippen LogP contribution is 2.33. The molecule has 1 fully saturated rings. The van der Waals surface area contributed by atoms with E-state index >= 15 is 0 Å². The number of benzene rings is 2. The lowest BCUT2D eigenvalue weighted by Gasteiger charge is -2.38. The zero-order valence-electron chi connectivity index (χ0n) is 17.6. The number of morpholine rings is 1. The third-order valence-corrected chi connectivity index (χ3v) is 5.26. The first kappa shape index (κ1) is 21.0. The van der Waals surface area contributed by atoms with Gasteiger partial charge in [0, 0.05) is 13.1 Å². The van der Waals surface area contributed by atoms with Gasteiger partial charge in [-0.2, -0.15) is 0 Å². The maximum absolute atomic E-state index is 13.0. The number of rotatable bonds is 6. The molecule has 4 rings (SSSR count). The zero-order valence-corrected chi connectivity index (χ0v) is 17.6. The molecule has 2 aliphatic heterocycles. The molecule has 1 atom stereocenters. The van der Waals surface area contributed by atoms with Gasteiger partial charge in [0.1, 0.15) is 11.5 Å². The third kappa shape index (κ3) is 4.91. The molecule has 1 N–H and O–H groups in total. The summed E-state index contributed by atoms with van der Waals surface area (Å²) >= 11 is 0. The van der Waals surface area contributed by atoms with Crippen LogP contribution in [0.5, 0.6) is 11.5 Å². The molecule has 2 aromatic carbocycles. The second-order valence-electron chi connectivity index (χ2n) is 7.37. The number of carbonyl (C=O) groups is 2. The standard InChI is InChI=1S/C23H27N3O5/c1-2-30-19-9-5-3-7-17(19)24-22(27)16-26-15-21(23(28)25-11-13-29-14-12-25)31-20-10-6-4-8-18(20)26/h3-10,21H,2,11-16H2,1H3,(H,24,27). The van der Waals surface area contributed by atoms with Crippen molar-refractivity contribution in [2.45, 2.75) is 13.0 Å². The first-order valence-electron chi connectivity index (χ1n) is 10.5. The molecule has 0 aliphatic carbocycles. The molecule has 1 saturated heterocycles. The molecule has 1 unspecified atom stereocenters. The molecule has 8 nitrogen and oxygen atoms in total. The Kier molecular flexibility index (Phi) is 6.57. The first-order valence-corrected chi connectivity index (χ1v) is 10.5. The van der Waals surface area contributed by atoms with Crippen molar-refractivity contribution >= 4 is 23.2 Å². The van der Waals surface area contributed by atoms with E-state index in [4.69, 9.17) is 14.2 Å². The van der Waals surface area contributed by atoms with Gasteiger partial charge in [-0.05, 0) is 31.2 Å². The Hall–Kier alpha value is -3.26. The van der Waals surface area contributed by atoms with E-state index < -0.39 is 6.10 Å². The molecule has 0 saturated carbocycles. The number of para-hydroxylation sites is 4. The number of anilines is 2. The molecule has 2 aliphatic rings. The van der Waals surface area contributed by atoms with Gasteiger partial charge in [-0.25, -0.2) is 0 Å². The molecule has 0 radical (unpaired) electrons. The Morgan fingerprint density at radius 3 is 2.65 bits per heavy atom. The molecule has 2 heterocycles. The highest BCUT2D eigenvalue weighted by Gasteiger charge is 2.34. The summed E-state index contributed by atoms with van der Waals surface area (Å²) in [7, 11) is 0. The molecular formula is C23H27N3O5. The molecule has 31 heavy (non-hydrogen) atoms. The maximum atomic E-state index is 13.0. The maximum Gasteiger partial charge on any atom is 0.265 e. The zero-order chi connectivity index (χ0) is 21.6. The normalized spacial score (nSPS) is 18.0. The summed E-state index contributed by atoms with van der Waals surface area (Å²) in [4.78, 5) is 29.5. The number of fused-ring (bicyclic) bond motifs is 1. The van der Waals surface area contributed by atoms with Crippen molar-refractivity contribution in [2.75, 3.05) is 56.2 Å². The Labute approximate surface area is 181 Å². The lowest BCUT2D eigenvalue weighted by atomic mass is 10.1.